The van der Waals surface area contributed by atoms with Gasteiger partial charge >= 0.3 is 12.2 Å². The number of alkyl carbamates (subject to hydrolysis) is 2. The molecule has 4 rings (SSSR count). The van der Waals surface area contributed by atoms with Gasteiger partial charge in [-0.1, -0.05) is 121 Å². The van der Waals surface area contributed by atoms with E-state index in [0.717, 1.165) is 22.3 Å². The molecule has 4 aromatic carbocycles. The second-order valence-corrected chi connectivity index (χ2v) is 10.7. The average molecular weight is 607 g/mol. The zero-order valence-corrected chi connectivity index (χ0v) is 25.1. The maximum atomic E-state index is 13.3. The summed E-state index contributed by atoms with van der Waals surface area (Å²) in [6.45, 7) is 0.161. The monoisotopic (exact) mass is 606 g/mol. The van der Waals surface area contributed by atoms with E-state index in [0.29, 0.717) is 12.8 Å². The summed E-state index contributed by atoms with van der Waals surface area (Å²) in [7, 11) is 0. The molecule has 0 radical (unpaired) electrons. The Balaban J connectivity index is 1.33. The molecule has 0 unspecified atom stereocenters. The standard InChI is InChI=1S/C37H38N2O6/c40-34(32(24-28-14-5-1-6-15-28)38-36(42)44-26-30-18-9-3-10-19-30)22-13-23-35(41)33(25-29-16-7-2-8-17-29)39-37(43)45-27-31-20-11-4-12-21-31/h1-12,14-21,32-33H,13,22-27H2,(H,38,42)(H,39,43)/t32-,33-/m0/s1. The van der Waals surface area contributed by atoms with Crippen LogP contribution >= 0.6 is 0 Å². The lowest BCUT2D eigenvalue weighted by Gasteiger charge is -2.19. The number of rotatable bonds is 16. The van der Waals surface area contributed by atoms with Gasteiger partial charge in [0.1, 0.15) is 13.2 Å². The molecule has 45 heavy (non-hydrogen) atoms. The molecular weight excluding hydrogens is 568 g/mol. The van der Waals surface area contributed by atoms with Crippen molar-refractivity contribution in [3.63, 3.8) is 0 Å². The van der Waals surface area contributed by atoms with Crippen molar-refractivity contribution in [2.75, 3.05) is 0 Å². The molecule has 8 nitrogen and oxygen atoms in total. The number of carbonyl (C=O) groups is 4. The molecule has 2 N–H and O–H groups in total. The van der Waals surface area contributed by atoms with Crippen molar-refractivity contribution >= 4 is 23.8 Å². The van der Waals surface area contributed by atoms with Crippen LogP contribution in [-0.4, -0.2) is 35.8 Å². The molecule has 2 amide bonds. The maximum Gasteiger partial charge on any atom is 0.408 e. The van der Waals surface area contributed by atoms with Gasteiger partial charge < -0.3 is 20.1 Å². The number of ether oxygens (including phenoxy) is 2. The highest BCUT2D eigenvalue weighted by Gasteiger charge is 2.25. The molecule has 232 valence electrons. The van der Waals surface area contributed by atoms with Gasteiger partial charge in [0, 0.05) is 12.8 Å². The Hall–Kier alpha value is -5.24. The van der Waals surface area contributed by atoms with Gasteiger partial charge in [-0.15, -0.1) is 0 Å². The number of ketones is 2. The summed E-state index contributed by atoms with van der Waals surface area (Å²) >= 11 is 0. The highest BCUT2D eigenvalue weighted by atomic mass is 16.6. The number of hydrogen-bond donors (Lipinski definition) is 2. The van der Waals surface area contributed by atoms with Crippen LogP contribution in [0.15, 0.2) is 121 Å². The SMILES string of the molecule is O=C(N[C@@H](Cc1ccccc1)C(=O)CCCC(=O)[C@H](Cc1ccccc1)NC(=O)OCc1ccccc1)OCc1ccccc1. The fourth-order valence-electron chi connectivity index (χ4n) is 4.79. The van der Waals surface area contributed by atoms with Crippen molar-refractivity contribution in [1.82, 2.24) is 10.6 Å². The largest absolute Gasteiger partial charge is 0.445 e. The van der Waals surface area contributed by atoms with Crippen LogP contribution in [0.2, 0.25) is 0 Å². The first kappa shape index (κ1) is 32.7. The van der Waals surface area contributed by atoms with Crippen LogP contribution in [0, 0.1) is 0 Å². The van der Waals surface area contributed by atoms with Crippen molar-refractivity contribution in [1.29, 1.82) is 0 Å². The Bertz CT molecular complexity index is 1380. The van der Waals surface area contributed by atoms with Crippen molar-refractivity contribution in [2.45, 2.75) is 57.4 Å². The minimum absolute atomic E-state index is 0.0682. The highest BCUT2D eigenvalue weighted by Crippen LogP contribution is 2.12. The van der Waals surface area contributed by atoms with Crippen molar-refractivity contribution in [3.05, 3.63) is 144 Å². The third kappa shape index (κ3) is 11.8. The van der Waals surface area contributed by atoms with Crippen LogP contribution in [0.25, 0.3) is 0 Å². The molecule has 0 saturated carbocycles. The first-order valence-corrected chi connectivity index (χ1v) is 15.0. The summed E-state index contributed by atoms with van der Waals surface area (Å²) < 4.78 is 10.7. The van der Waals surface area contributed by atoms with E-state index in [1.165, 1.54) is 0 Å². The van der Waals surface area contributed by atoms with Gasteiger partial charge in [-0.25, -0.2) is 9.59 Å². The van der Waals surface area contributed by atoms with E-state index >= 15 is 0 Å². The fraction of sp³-hybridized carbons (Fsp3) is 0.243. The van der Waals surface area contributed by atoms with Crippen LogP contribution in [-0.2, 0) is 45.1 Å². The Morgan fingerprint density at radius 3 is 1.11 bits per heavy atom. The lowest BCUT2D eigenvalue weighted by Crippen LogP contribution is -2.43. The normalized spacial score (nSPS) is 11.9. The van der Waals surface area contributed by atoms with E-state index in [-0.39, 0.29) is 44.0 Å². The highest BCUT2D eigenvalue weighted by molar-refractivity contribution is 5.90. The first-order valence-electron chi connectivity index (χ1n) is 15.0. The quantitative estimate of drug-likeness (QED) is 0.153. The topological polar surface area (TPSA) is 111 Å². The third-order valence-electron chi connectivity index (χ3n) is 7.20. The van der Waals surface area contributed by atoms with Crippen LogP contribution in [0.3, 0.4) is 0 Å². The fourth-order valence-corrected chi connectivity index (χ4v) is 4.79. The lowest BCUT2D eigenvalue weighted by molar-refractivity contribution is -0.122. The Morgan fingerprint density at radius 1 is 0.467 bits per heavy atom. The van der Waals surface area contributed by atoms with Gasteiger partial charge in [0.05, 0.1) is 12.1 Å². The molecule has 0 heterocycles. The van der Waals surface area contributed by atoms with Gasteiger partial charge in [0.2, 0.25) is 0 Å². The van der Waals surface area contributed by atoms with Gasteiger partial charge in [-0.2, -0.15) is 0 Å². The van der Waals surface area contributed by atoms with Gasteiger partial charge in [-0.3, -0.25) is 9.59 Å². The zero-order valence-electron chi connectivity index (χ0n) is 25.1. The van der Waals surface area contributed by atoms with Crippen LogP contribution in [0.5, 0.6) is 0 Å². The van der Waals surface area contributed by atoms with Crippen LogP contribution < -0.4 is 10.6 Å². The maximum absolute atomic E-state index is 13.3. The predicted octanol–water partition coefficient (Wildman–Crippen LogP) is 6.37. The summed E-state index contributed by atoms with van der Waals surface area (Å²) in [5.74, 6) is -0.420. The molecule has 0 spiro atoms. The molecule has 0 aliphatic carbocycles. The number of hydrogen-bond acceptors (Lipinski definition) is 6. The molecule has 0 saturated heterocycles. The van der Waals surface area contributed by atoms with Gasteiger partial charge in [-0.05, 0) is 41.5 Å². The predicted molar refractivity (Wildman–Crippen MR) is 171 cm³/mol. The smallest absolute Gasteiger partial charge is 0.408 e. The Kier molecular flexibility index (Phi) is 12.9. The molecule has 0 bridgehead atoms. The summed E-state index contributed by atoms with van der Waals surface area (Å²) in [4.78, 5) is 51.9. The Morgan fingerprint density at radius 2 is 0.778 bits per heavy atom. The molecule has 8 heteroatoms. The van der Waals surface area contributed by atoms with Crippen molar-refractivity contribution in [3.8, 4) is 0 Å². The summed E-state index contributed by atoms with van der Waals surface area (Å²) in [5, 5.41) is 5.43. The van der Waals surface area contributed by atoms with E-state index in [4.69, 9.17) is 9.47 Å². The summed E-state index contributed by atoms with van der Waals surface area (Å²) in [6.07, 6.45) is -0.401. The van der Waals surface area contributed by atoms with E-state index in [1.54, 1.807) is 0 Å². The number of Topliss-reactive ketones (excluding diaryl/α,β-unsaturated/α-hetero) is 2. The second kappa shape index (κ2) is 17.8. The van der Waals surface area contributed by atoms with E-state index < -0.39 is 24.3 Å². The average Bonchev–Trinajstić information content (AvgIpc) is 3.07. The Labute approximate surface area is 263 Å². The van der Waals surface area contributed by atoms with E-state index in [9.17, 15) is 19.2 Å². The first-order chi connectivity index (χ1) is 22.0. The van der Waals surface area contributed by atoms with Gasteiger partial charge in [0.25, 0.3) is 0 Å². The number of amides is 2. The van der Waals surface area contributed by atoms with Crippen molar-refractivity contribution in [2.24, 2.45) is 0 Å². The molecular formula is C37H38N2O6. The van der Waals surface area contributed by atoms with Crippen LogP contribution in [0.4, 0.5) is 9.59 Å². The zero-order chi connectivity index (χ0) is 31.7. The van der Waals surface area contributed by atoms with Crippen LogP contribution in [0.1, 0.15) is 41.5 Å². The minimum atomic E-state index is -0.822. The summed E-state index contributed by atoms with van der Waals surface area (Å²) in [6, 6.07) is 35.7. The number of benzene rings is 4. The van der Waals surface area contributed by atoms with E-state index in [1.807, 2.05) is 121 Å². The van der Waals surface area contributed by atoms with Gasteiger partial charge in [0.15, 0.2) is 11.6 Å². The van der Waals surface area contributed by atoms with Crippen molar-refractivity contribution < 1.29 is 28.7 Å². The number of carbonyl (C=O) groups excluding carboxylic acids is 4. The molecule has 2 atom stereocenters. The third-order valence-corrected chi connectivity index (χ3v) is 7.20. The van der Waals surface area contributed by atoms with E-state index in [2.05, 4.69) is 10.6 Å². The second-order valence-electron chi connectivity index (χ2n) is 10.7. The molecule has 4 aromatic rings. The lowest BCUT2D eigenvalue weighted by atomic mass is 9.96. The summed E-state index contributed by atoms with van der Waals surface area (Å²) in [5.41, 5.74) is 3.44. The molecule has 0 aliphatic rings. The molecule has 0 aromatic heterocycles. The number of nitrogens with one attached hydrogen (secondary N) is 2. The molecule has 0 fully saturated rings. The minimum Gasteiger partial charge on any atom is -0.445 e. The molecule has 0 aliphatic heterocycles.